The van der Waals surface area contributed by atoms with E-state index >= 15 is 0 Å². The zero-order valence-corrected chi connectivity index (χ0v) is 13.2. The topological polar surface area (TPSA) is 55.4 Å². The number of esters is 1. The van der Waals surface area contributed by atoms with Gasteiger partial charge in [0.1, 0.15) is 0 Å². The first-order valence-corrected chi connectivity index (χ1v) is 7.20. The number of nitrogens with one attached hydrogen (secondary N) is 1. The van der Waals surface area contributed by atoms with Crippen LogP contribution in [0.3, 0.4) is 0 Å². The van der Waals surface area contributed by atoms with E-state index in [1.54, 1.807) is 18.2 Å². The Morgan fingerprint density at radius 2 is 1.77 bits per heavy atom. The van der Waals surface area contributed by atoms with Crippen molar-refractivity contribution in [2.45, 2.75) is 6.92 Å². The highest BCUT2D eigenvalue weighted by atomic mass is 35.5. The van der Waals surface area contributed by atoms with Crippen LogP contribution in [0.1, 0.15) is 15.9 Å². The number of halogens is 2. The van der Waals surface area contributed by atoms with E-state index in [1.165, 1.54) is 12.1 Å². The molecule has 0 fully saturated rings. The first-order chi connectivity index (χ1) is 10.5. The van der Waals surface area contributed by atoms with Crippen molar-refractivity contribution in [3.05, 3.63) is 63.6 Å². The van der Waals surface area contributed by atoms with Crippen molar-refractivity contribution in [2.75, 3.05) is 11.9 Å². The number of aryl methyl sites for hydroxylation is 1. The minimum Gasteiger partial charge on any atom is -0.452 e. The van der Waals surface area contributed by atoms with Gasteiger partial charge in [-0.15, -0.1) is 0 Å². The molecule has 2 aromatic carbocycles. The number of hydrogen-bond donors (Lipinski definition) is 1. The molecule has 0 spiro atoms. The van der Waals surface area contributed by atoms with Crippen LogP contribution in [0.2, 0.25) is 10.0 Å². The van der Waals surface area contributed by atoms with Crippen LogP contribution >= 0.6 is 23.2 Å². The first-order valence-electron chi connectivity index (χ1n) is 6.44. The molecule has 0 aliphatic heterocycles. The van der Waals surface area contributed by atoms with Gasteiger partial charge in [-0.1, -0.05) is 40.9 Å². The second kappa shape index (κ2) is 7.29. The fourth-order valence-electron chi connectivity index (χ4n) is 1.70. The molecule has 0 aliphatic rings. The van der Waals surface area contributed by atoms with Gasteiger partial charge in [-0.3, -0.25) is 4.79 Å². The zero-order chi connectivity index (χ0) is 16.1. The third-order valence-corrected chi connectivity index (χ3v) is 3.38. The van der Waals surface area contributed by atoms with Gasteiger partial charge >= 0.3 is 5.97 Å². The second-order valence-corrected chi connectivity index (χ2v) is 5.46. The smallest absolute Gasteiger partial charge is 0.340 e. The third kappa shape index (κ3) is 4.48. The molecule has 114 valence electrons. The van der Waals surface area contributed by atoms with Crippen LogP contribution in [0.4, 0.5) is 5.69 Å². The van der Waals surface area contributed by atoms with E-state index in [9.17, 15) is 9.59 Å². The number of carbonyl (C=O) groups is 2. The molecular weight excluding hydrogens is 325 g/mol. The molecule has 0 bridgehead atoms. The number of anilines is 1. The lowest BCUT2D eigenvalue weighted by Crippen LogP contribution is -2.21. The van der Waals surface area contributed by atoms with Gasteiger partial charge in [-0.2, -0.15) is 0 Å². The lowest BCUT2D eigenvalue weighted by molar-refractivity contribution is -0.119. The van der Waals surface area contributed by atoms with Gasteiger partial charge < -0.3 is 10.1 Å². The number of rotatable bonds is 4. The van der Waals surface area contributed by atoms with Gasteiger partial charge in [0.05, 0.1) is 10.6 Å². The van der Waals surface area contributed by atoms with E-state index in [-0.39, 0.29) is 10.6 Å². The zero-order valence-electron chi connectivity index (χ0n) is 11.7. The van der Waals surface area contributed by atoms with Gasteiger partial charge in [-0.25, -0.2) is 4.79 Å². The molecule has 0 radical (unpaired) electrons. The summed E-state index contributed by atoms with van der Waals surface area (Å²) in [7, 11) is 0. The molecule has 0 atom stereocenters. The number of ether oxygens (including phenoxy) is 1. The molecule has 2 rings (SSSR count). The number of carbonyl (C=O) groups excluding carboxylic acids is 2. The predicted octanol–water partition coefficient (Wildman–Crippen LogP) is 4.10. The summed E-state index contributed by atoms with van der Waals surface area (Å²) in [5.74, 6) is -1.14. The molecule has 2 aromatic rings. The molecule has 0 saturated heterocycles. The van der Waals surface area contributed by atoms with Crippen LogP contribution in [0.25, 0.3) is 0 Å². The Kier molecular flexibility index (Phi) is 5.41. The van der Waals surface area contributed by atoms with Gasteiger partial charge in [-0.05, 0) is 37.3 Å². The van der Waals surface area contributed by atoms with Gasteiger partial charge in [0.15, 0.2) is 6.61 Å². The second-order valence-electron chi connectivity index (χ2n) is 4.61. The van der Waals surface area contributed by atoms with Crippen molar-refractivity contribution in [3.8, 4) is 0 Å². The normalized spacial score (nSPS) is 10.1. The van der Waals surface area contributed by atoms with E-state index in [0.717, 1.165) is 5.56 Å². The van der Waals surface area contributed by atoms with Crippen molar-refractivity contribution in [2.24, 2.45) is 0 Å². The average molecular weight is 338 g/mol. The van der Waals surface area contributed by atoms with Crippen LogP contribution in [0, 0.1) is 6.92 Å². The van der Waals surface area contributed by atoms with Gasteiger partial charge in [0.25, 0.3) is 5.91 Å². The lowest BCUT2D eigenvalue weighted by atomic mass is 10.2. The summed E-state index contributed by atoms with van der Waals surface area (Å²) in [6.07, 6.45) is 0. The molecule has 1 amide bonds. The quantitative estimate of drug-likeness (QED) is 0.854. The summed E-state index contributed by atoms with van der Waals surface area (Å²) >= 11 is 11.7. The number of hydrogen-bond acceptors (Lipinski definition) is 3. The minimum absolute atomic E-state index is 0.123. The average Bonchev–Trinajstić information content (AvgIpc) is 2.49. The van der Waals surface area contributed by atoms with Gasteiger partial charge in [0, 0.05) is 10.7 Å². The summed E-state index contributed by atoms with van der Waals surface area (Å²) in [5, 5.41) is 3.20. The Labute approximate surface area is 138 Å². The van der Waals surface area contributed by atoms with E-state index in [4.69, 9.17) is 27.9 Å². The molecule has 0 aliphatic carbocycles. The molecule has 0 unspecified atom stereocenters. The van der Waals surface area contributed by atoms with Crippen LogP contribution in [-0.4, -0.2) is 18.5 Å². The van der Waals surface area contributed by atoms with E-state index in [1.807, 2.05) is 19.1 Å². The highest BCUT2D eigenvalue weighted by Gasteiger charge is 2.14. The summed E-state index contributed by atoms with van der Waals surface area (Å²) < 4.78 is 4.93. The van der Waals surface area contributed by atoms with Crippen molar-refractivity contribution in [1.29, 1.82) is 0 Å². The molecule has 4 nitrogen and oxygen atoms in total. The highest BCUT2D eigenvalue weighted by molar-refractivity contribution is 6.35. The van der Waals surface area contributed by atoms with Crippen LogP contribution in [0.15, 0.2) is 42.5 Å². The highest BCUT2D eigenvalue weighted by Crippen LogP contribution is 2.21. The van der Waals surface area contributed by atoms with E-state index in [2.05, 4.69) is 5.32 Å². The maximum atomic E-state index is 11.9. The number of benzene rings is 2. The summed E-state index contributed by atoms with van der Waals surface area (Å²) in [4.78, 5) is 23.6. The Balaban J connectivity index is 1.91. The van der Waals surface area contributed by atoms with E-state index in [0.29, 0.717) is 10.7 Å². The van der Waals surface area contributed by atoms with Crippen LogP contribution < -0.4 is 5.32 Å². The van der Waals surface area contributed by atoms with Crippen molar-refractivity contribution >= 4 is 40.8 Å². The van der Waals surface area contributed by atoms with Crippen LogP contribution in [-0.2, 0) is 9.53 Å². The minimum atomic E-state index is -0.702. The standard InChI is InChI=1S/C16H13Cl2NO3/c1-10-2-5-12(6-3-10)19-15(20)9-22-16(21)13-8-11(17)4-7-14(13)18/h2-8H,9H2,1H3,(H,19,20). The summed E-state index contributed by atoms with van der Waals surface area (Å²) in [5.41, 5.74) is 1.84. The molecule has 6 heteroatoms. The molecule has 0 aromatic heterocycles. The lowest BCUT2D eigenvalue weighted by Gasteiger charge is -2.08. The third-order valence-electron chi connectivity index (χ3n) is 2.82. The molecule has 22 heavy (non-hydrogen) atoms. The summed E-state index contributed by atoms with van der Waals surface area (Å²) in [6, 6.07) is 11.7. The fourth-order valence-corrected chi connectivity index (χ4v) is 2.06. The summed E-state index contributed by atoms with van der Waals surface area (Å²) in [6.45, 7) is 1.54. The monoisotopic (exact) mass is 337 g/mol. The Bertz CT molecular complexity index is 699. The van der Waals surface area contributed by atoms with Crippen LogP contribution in [0.5, 0.6) is 0 Å². The SMILES string of the molecule is Cc1ccc(NC(=O)COC(=O)c2cc(Cl)ccc2Cl)cc1. The molecule has 1 N–H and O–H groups in total. The first kappa shape index (κ1) is 16.3. The fraction of sp³-hybridized carbons (Fsp3) is 0.125. The molecular formula is C16H13Cl2NO3. The van der Waals surface area contributed by atoms with Gasteiger partial charge in [0.2, 0.25) is 0 Å². The Morgan fingerprint density at radius 1 is 1.09 bits per heavy atom. The molecule has 0 saturated carbocycles. The molecule has 0 heterocycles. The Morgan fingerprint density at radius 3 is 2.45 bits per heavy atom. The largest absolute Gasteiger partial charge is 0.452 e. The maximum absolute atomic E-state index is 11.9. The predicted molar refractivity (Wildman–Crippen MR) is 86.6 cm³/mol. The van der Waals surface area contributed by atoms with Crippen molar-refractivity contribution in [3.63, 3.8) is 0 Å². The maximum Gasteiger partial charge on any atom is 0.340 e. The van der Waals surface area contributed by atoms with Crippen molar-refractivity contribution < 1.29 is 14.3 Å². The van der Waals surface area contributed by atoms with E-state index < -0.39 is 18.5 Å². The number of amides is 1. The van der Waals surface area contributed by atoms with Crippen molar-refractivity contribution in [1.82, 2.24) is 0 Å². The Hall–Kier alpha value is -2.04.